The Morgan fingerprint density at radius 1 is 0.931 bits per heavy atom. The summed E-state index contributed by atoms with van der Waals surface area (Å²) < 4.78 is 70.0. The van der Waals surface area contributed by atoms with Crippen LogP contribution in [-0.4, -0.2) is 52.6 Å². The topological polar surface area (TPSA) is 97.8 Å². The number of hydrogen-bond donors (Lipinski definition) is 0. The highest BCUT2D eigenvalue weighted by atomic mass is 32.2. The Morgan fingerprint density at radius 2 is 1.45 bits per heavy atom. The number of benzene rings is 2. The van der Waals surface area contributed by atoms with Gasteiger partial charge < -0.3 is 4.74 Å². The molecule has 0 radical (unpaired) electrons. The first-order chi connectivity index (χ1) is 13.7. The SMILES string of the molecule is COC(=O)c1ccc(S(=O)(=O)N2CCC(S(=O)(=O)c3ccc(F)cc3)CC2)cc1. The first kappa shape index (κ1) is 21.4. The molecule has 0 aliphatic carbocycles. The van der Waals surface area contributed by atoms with Gasteiger partial charge in [-0.3, -0.25) is 0 Å². The highest BCUT2D eigenvalue weighted by Gasteiger charge is 2.35. The van der Waals surface area contributed by atoms with Crippen LogP contribution >= 0.6 is 0 Å². The van der Waals surface area contributed by atoms with Crippen molar-refractivity contribution in [1.82, 2.24) is 4.31 Å². The lowest BCUT2D eigenvalue weighted by Gasteiger charge is -2.31. The van der Waals surface area contributed by atoms with E-state index in [4.69, 9.17) is 0 Å². The predicted octanol–water partition coefficient (Wildman–Crippen LogP) is 2.24. The Morgan fingerprint density at radius 3 is 1.97 bits per heavy atom. The molecule has 10 heteroatoms. The number of sulfonamides is 1. The second-order valence-corrected chi connectivity index (χ2v) is 10.8. The summed E-state index contributed by atoms with van der Waals surface area (Å²) in [5, 5.41) is -0.735. The molecule has 2 aromatic carbocycles. The highest BCUT2D eigenvalue weighted by Crippen LogP contribution is 2.28. The van der Waals surface area contributed by atoms with E-state index in [1.807, 2.05) is 0 Å². The molecule has 1 aliphatic rings. The molecule has 0 saturated carbocycles. The lowest BCUT2D eigenvalue weighted by Crippen LogP contribution is -2.42. The van der Waals surface area contributed by atoms with E-state index < -0.39 is 36.9 Å². The van der Waals surface area contributed by atoms with Crippen LogP contribution < -0.4 is 0 Å². The second-order valence-electron chi connectivity index (χ2n) is 6.62. The molecule has 0 bridgehead atoms. The molecule has 7 nitrogen and oxygen atoms in total. The fraction of sp³-hybridized carbons (Fsp3) is 0.316. The van der Waals surface area contributed by atoms with Crippen molar-refractivity contribution in [1.29, 1.82) is 0 Å². The van der Waals surface area contributed by atoms with Gasteiger partial charge in [0.2, 0.25) is 10.0 Å². The fourth-order valence-corrected chi connectivity index (χ4v) is 6.43. The Bertz CT molecular complexity index is 1090. The average molecular weight is 442 g/mol. The van der Waals surface area contributed by atoms with Crippen molar-refractivity contribution in [3.8, 4) is 0 Å². The number of carbonyl (C=O) groups excluding carboxylic acids is 1. The van der Waals surface area contributed by atoms with Gasteiger partial charge in [-0.15, -0.1) is 0 Å². The Hall–Kier alpha value is -2.30. The van der Waals surface area contributed by atoms with Crippen molar-refractivity contribution >= 4 is 25.8 Å². The highest BCUT2D eigenvalue weighted by molar-refractivity contribution is 7.92. The van der Waals surface area contributed by atoms with Crippen LogP contribution in [0.5, 0.6) is 0 Å². The summed E-state index contributed by atoms with van der Waals surface area (Å²) in [7, 11) is -6.25. The molecule has 0 atom stereocenters. The number of piperidine rings is 1. The number of nitrogens with zero attached hydrogens (tertiary/aromatic N) is 1. The summed E-state index contributed by atoms with van der Waals surface area (Å²) in [6, 6.07) is 9.99. The quantitative estimate of drug-likeness (QED) is 0.521. The lowest BCUT2D eigenvalue weighted by molar-refractivity contribution is 0.0600. The average Bonchev–Trinajstić information content (AvgIpc) is 2.73. The maximum absolute atomic E-state index is 13.1. The van der Waals surface area contributed by atoms with Gasteiger partial charge in [0.15, 0.2) is 9.84 Å². The molecule has 1 saturated heterocycles. The van der Waals surface area contributed by atoms with Crippen LogP contribution in [0, 0.1) is 5.82 Å². The first-order valence-corrected chi connectivity index (χ1v) is 11.8. The number of sulfone groups is 1. The Kier molecular flexibility index (Phi) is 6.06. The van der Waals surface area contributed by atoms with E-state index in [-0.39, 0.29) is 41.3 Å². The molecule has 156 valence electrons. The molecule has 3 rings (SSSR count). The number of esters is 1. The molecule has 0 spiro atoms. The van der Waals surface area contributed by atoms with Crippen molar-refractivity contribution in [3.05, 3.63) is 59.9 Å². The zero-order chi connectivity index (χ0) is 21.2. The van der Waals surface area contributed by atoms with Crippen LogP contribution in [0.15, 0.2) is 58.3 Å². The molecule has 1 heterocycles. The van der Waals surface area contributed by atoms with Crippen LogP contribution in [0.2, 0.25) is 0 Å². The lowest BCUT2D eigenvalue weighted by atomic mass is 10.2. The minimum absolute atomic E-state index is 0.0185. The number of carbonyl (C=O) groups is 1. The third kappa shape index (κ3) is 4.34. The van der Waals surface area contributed by atoms with Gasteiger partial charge in [-0.05, 0) is 61.4 Å². The van der Waals surface area contributed by atoms with Crippen LogP contribution in [0.4, 0.5) is 4.39 Å². The maximum atomic E-state index is 13.1. The van der Waals surface area contributed by atoms with Gasteiger partial charge in [0.1, 0.15) is 5.82 Å². The molecular formula is C19H20FNO6S2. The zero-order valence-electron chi connectivity index (χ0n) is 15.6. The molecule has 0 N–H and O–H groups in total. The van der Waals surface area contributed by atoms with Crippen LogP contribution in [-0.2, 0) is 24.6 Å². The largest absolute Gasteiger partial charge is 0.465 e. The monoisotopic (exact) mass is 441 g/mol. The second kappa shape index (κ2) is 8.21. The fourth-order valence-electron chi connectivity index (χ4n) is 3.23. The number of rotatable bonds is 5. The van der Waals surface area contributed by atoms with E-state index in [2.05, 4.69) is 4.74 Å². The summed E-state index contributed by atoms with van der Waals surface area (Å²) in [5.41, 5.74) is 0.232. The van der Waals surface area contributed by atoms with E-state index in [1.54, 1.807) is 0 Å². The molecule has 0 aromatic heterocycles. The summed E-state index contributed by atoms with van der Waals surface area (Å²) in [4.78, 5) is 11.5. The third-order valence-corrected chi connectivity index (χ3v) is 9.09. The van der Waals surface area contributed by atoms with Gasteiger partial charge in [0, 0.05) is 13.1 Å². The van der Waals surface area contributed by atoms with Gasteiger partial charge in [-0.25, -0.2) is 26.0 Å². The van der Waals surface area contributed by atoms with E-state index in [0.717, 1.165) is 12.1 Å². The Labute approximate surface area is 169 Å². The van der Waals surface area contributed by atoms with Crippen molar-refractivity contribution in [2.45, 2.75) is 27.9 Å². The smallest absolute Gasteiger partial charge is 0.337 e. The predicted molar refractivity (Wildman–Crippen MR) is 103 cm³/mol. The minimum atomic E-state index is -3.81. The van der Waals surface area contributed by atoms with Gasteiger partial charge in [0.05, 0.1) is 27.7 Å². The summed E-state index contributed by atoms with van der Waals surface area (Å²) in [6.07, 6.45) is 0.276. The van der Waals surface area contributed by atoms with E-state index in [0.29, 0.717) is 0 Å². The standard InChI is InChI=1S/C19H20FNO6S2/c1-27-19(22)14-2-6-18(7-3-14)29(25,26)21-12-10-17(11-13-21)28(23,24)16-8-4-15(20)5-9-16/h2-9,17H,10-13H2,1H3. The molecule has 1 aliphatic heterocycles. The normalized spacial score (nSPS) is 16.5. The molecule has 2 aromatic rings. The number of halogens is 1. The summed E-state index contributed by atoms with van der Waals surface area (Å²) in [5.74, 6) is -1.09. The van der Waals surface area contributed by atoms with E-state index in [1.165, 1.54) is 47.8 Å². The summed E-state index contributed by atoms with van der Waals surface area (Å²) >= 11 is 0. The molecular weight excluding hydrogens is 421 g/mol. The Balaban J connectivity index is 1.72. The van der Waals surface area contributed by atoms with E-state index in [9.17, 15) is 26.0 Å². The molecule has 0 amide bonds. The number of ether oxygens (including phenoxy) is 1. The molecule has 1 fully saturated rings. The van der Waals surface area contributed by atoms with Crippen molar-refractivity contribution in [2.75, 3.05) is 20.2 Å². The number of methoxy groups -OCH3 is 1. The van der Waals surface area contributed by atoms with Crippen molar-refractivity contribution in [3.63, 3.8) is 0 Å². The first-order valence-electron chi connectivity index (χ1n) is 8.84. The number of hydrogen-bond acceptors (Lipinski definition) is 6. The summed E-state index contributed by atoms with van der Waals surface area (Å²) in [6.45, 7) is 0.0956. The van der Waals surface area contributed by atoms with Gasteiger partial charge in [-0.1, -0.05) is 0 Å². The van der Waals surface area contributed by atoms with Crippen LogP contribution in [0.25, 0.3) is 0 Å². The third-order valence-electron chi connectivity index (χ3n) is 4.90. The zero-order valence-corrected chi connectivity index (χ0v) is 17.2. The van der Waals surface area contributed by atoms with Crippen LogP contribution in [0.3, 0.4) is 0 Å². The van der Waals surface area contributed by atoms with E-state index >= 15 is 0 Å². The maximum Gasteiger partial charge on any atom is 0.337 e. The van der Waals surface area contributed by atoms with Crippen molar-refractivity contribution < 1.29 is 30.8 Å². The van der Waals surface area contributed by atoms with Crippen molar-refractivity contribution in [2.24, 2.45) is 0 Å². The molecule has 0 unspecified atom stereocenters. The van der Waals surface area contributed by atoms with Gasteiger partial charge >= 0.3 is 5.97 Å². The van der Waals surface area contributed by atoms with Crippen LogP contribution in [0.1, 0.15) is 23.2 Å². The van der Waals surface area contributed by atoms with Gasteiger partial charge in [-0.2, -0.15) is 4.31 Å². The minimum Gasteiger partial charge on any atom is -0.465 e. The van der Waals surface area contributed by atoms with Gasteiger partial charge in [0.25, 0.3) is 0 Å². The molecule has 29 heavy (non-hydrogen) atoms.